The van der Waals surface area contributed by atoms with Crippen LogP contribution in [0.25, 0.3) is 27.6 Å². The van der Waals surface area contributed by atoms with E-state index in [1.54, 1.807) is 55.1 Å². The lowest BCUT2D eigenvalue weighted by Gasteiger charge is -2.15. The van der Waals surface area contributed by atoms with Gasteiger partial charge in [-0.2, -0.15) is 0 Å². The number of fused-ring (bicyclic) bond motifs is 3. The molecule has 5 rings (SSSR count). The van der Waals surface area contributed by atoms with Gasteiger partial charge in [-0.25, -0.2) is 9.36 Å². The lowest BCUT2D eigenvalue weighted by molar-refractivity contribution is -0.116. The predicted molar refractivity (Wildman–Crippen MR) is 146 cm³/mol. The molecule has 8 heteroatoms. The molecule has 188 valence electrons. The first-order valence-electron chi connectivity index (χ1n) is 12.0. The molecule has 0 unspecified atom stereocenters. The molecular weight excluding hydrogens is 468 g/mol. The molecular formula is C29H28N4O4. The topological polar surface area (TPSA) is 87.3 Å². The molecule has 8 nitrogen and oxygen atoms in total. The highest BCUT2D eigenvalue weighted by Crippen LogP contribution is 2.29. The lowest BCUT2D eigenvalue weighted by Crippen LogP contribution is -2.41. The van der Waals surface area contributed by atoms with Gasteiger partial charge in [-0.05, 0) is 62.2 Å². The van der Waals surface area contributed by atoms with Gasteiger partial charge in [0.15, 0.2) is 0 Å². The summed E-state index contributed by atoms with van der Waals surface area (Å²) in [4.78, 5) is 41.0. The number of aryl methyl sites for hydroxylation is 4. The number of anilines is 1. The Balaban J connectivity index is 1.77. The molecule has 2 aromatic heterocycles. The van der Waals surface area contributed by atoms with Gasteiger partial charge in [0.1, 0.15) is 17.8 Å². The zero-order chi connectivity index (χ0) is 26.4. The van der Waals surface area contributed by atoms with E-state index in [0.29, 0.717) is 27.9 Å². The van der Waals surface area contributed by atoms with Crippen LogP contribution in [0, 0.1) is 20.8 Å². The minimum atomic E-state index is -0.591. The van der Waals surface area contributed by atoms with Gasteiger partial charge < -0.3 is 14.6 Å². The fourth-order valence-electron chi connectivity index (χ4n) is 5.11. The summed E-state index contributed by atoms with van der Waals surface area (Å²) in [6, 6.07) is 18.2. The summed E-state index contributed by atoms with van der Waals surface area (Å²) in [7, 11) is 3.34. The number of rotatable bonds is 5. The number of benzene rings is 3. The number of ether oxygens (including phenoxy) is 1. The maximum atomic E-state index is 13.9. The highest BCUT2D eigenvalue weighted by atomic mass is 16.5. The van der Waals surface area contributed by atoms with E-state index in [9.17, 15) is 14.4 Å². The Bertz CT molecular complexity index is 1790. The van der Waals surface area contributed by atoms with Crippen LogP contribution in [0.4, 0.5) is 5.69 Å². The number of nitrogens with zero attached hydrogens (tertiary/aromatic N) is 3. The van der Waals surface area contributed by atoms with Crippen LogP contribution >= 0.6 is 0 Å². The smallest absolute Gasteiger partial charge is 0.336 e. The second-order valence-corrected chi connectivity index (χ2v) is 9.31. The van der Waals surface area contributed by atoms with E-state index in [2.05, 4.69) is 5.32 Å². The number of nitrogens with one attached hydrogen (secondary N) is 1. The van der Waals surface area contributed by atoms with Gasteiger partial charge in [0.2, 0.25) is 5.91 Å². The van der Waals surface area contributed by atoms with Crippen LogP contribution in [0.15, 0.2) is 70.3 Å². The van der Waals surface area contributed by atoms with Crippen molar-refractivity contribution in [3.05, 3.63) is 98.2 Å². The standard InChI is InChI=1S/C29H28N4O4/c1-17-13-18(2)25(19(3)14-17)30-24(34)16-32-26-22-15-21(37-5)11-12-23(22)31(4)27(26)28(35)33(29(32)36)20-9-7-6-8-10-20/h6-15H,16H2,1-5H3,(H,30,34). The molecule has 3 aromatic carbocycles. The van der Waals surface area contributed by atoms with Crippen molar-refractivity contribution in [2.75, 3.05) is 12.4 Å². The Hall–Kier alpha value is -4.59. The second kappa shape index (κ2) is 9.13. The van der Waals surface area contributed by atoms with Gasteiger partial charge in [-0.1, -0.05) is 35.9 Å². The molecule has 5 aromatic rings. The molecule has 0 bridgehead atoms. The van der Waals surface area contributed by atoms with E-state index < -0.39 is 11.2 Å². The van der Waals surface area contributed by atoms with Gasteiger partial charge in [-0.3, -0.25) is 14.2 Å². The highest BCUT2D eigenvalue weighted by molar-refractivity contribution is 6.07. The second-order valence-electron chi connectivity index (χ2n) is 9.31. The summed E-state index contributed by atoms with van der Waals surface area (Å²) >= 11 is 0. The van der Waals surface area contributed by atoms with Crippen molar-refractivity contribution >= 4 is 33.5 Å². The summed E-state index contributed by atoms with van der Waals surface area (Å²) in [6.45, 7) is 5.61. The SMILES string of the molecule is COc1ccc2c(c1)c1c(c(=O)n(-c3ccccc3)c(=O)n1CC(=O)Nc1c(C)cc(C)cc1C)n2C. The lowest BCUT2D eigenvalue weighted by atomic mass is 10.1. The third kappa shape index (κ3) is 4.00. The summed E-state index contributed by atoms with van der Waals surface area (Å²) in [6.07, 6.45) is 0. The first-order chi connectivity index (χ1) is 17.7. The first-order valence-corrected chi connectivity index (χ1v) is 12.0. The van der Waals surface area contributed by atoms with Crippen molar-refractivity contribution in [3.63, 3.8) is 0 Å². The molecule has 0 saturated heterocycles. The minimum Gasteiger partial charge on any atom is -0.497 e. The zero-order valence-electron chi connectivity index (χ0n) is 21.5. The summed E-state index contributed by atoms with van der Waals surface area (Å²) in [5.41, 5.74) is 4.55. The Morgan fingerprint density at radius 1 is 0.919 bits per heavy atom. The summed E-state index contributed by atoms with van der Waals surface area (Å²) < 4.78 is 9.66. The van der Waals surface area contributed by atoms with E-state index in [1.165, 1.54) is 4.57 Å². The Morgan fingerprint density at radius 2 is 1.59 bits per heavy atom. The number of methoxy groups -OCH3 is 1. The van der Waals surface area contributed by atoms with Gasteiger partial charge in [0.25, 0.3) is 5.56 Å². The van der Waals surface area contributed by atoms with Crippen LogP contribution < -0.4 is 21.3 Å². The molecule has 0 fully saturated rings. The summed E-state index contributed by atoms with van der Waals surface area (Å²) in [5.74, 6) is 0.221. The van der Waals surface area contributed by atoms with Crippen LogP contribution in [-0.4, -0.2) is 26.7 Å². The fraction of sp³-hybridized carbons (Fsp3) is 0.207. The molecule has 0 saturated carbocycles. The molecule has 1 amide bonds. The molecule has 0 aliphatic heterocycles. The van der Waals surface area contributed by atoms with Crippen LogP contribution in [0.1, 0.15) is 16.7 Å². The normalized spacial score (nSPS) is 11.3. The van der Waals surface area contributed by atoms with Crippen molar-refractivity contribution in [2.45, 2.75) is 27.3 Å². The van der Waals surface area contributed by atoms with E-state index in [4.69, 9.17) is 4.74 Å². The van der Waals surface area contributed by atoms with E-state index in [0.717, 1.165) is 32.5 Å². The average molecular weight is 497 g/mol. The Labute approximate surface area is 213 Å². The number of aromatic nitrogens is 3. The van der Waals surface area contributed by atoms with Crippen LogP contribution in [0.3, 0.4) is 0 Å². The minimum absolute atomic E-state index is 0.272. The predicted octanol–water partition coefficient (Wildman–Crippen LogP) is 4.22. The number of hydrogen-bond donors (Lipinski definition) is 1. The van der Waals surface area contributed by atoms with Gasteiger partial charge >= 0.3 is 5.69 Å². The van der Waals surface area contributed by atoms with Crippen molar-refractivity contribution < 1.29 is 9.53 Å². The number of hydrogen-bond acceptors (Lipinski definition) is 4. The molecule has 2 heterocycles. The molecule has 0 atom stereocenters. The van der Waals surface area contributed by atoms with E-state index in [-0.39, 0.29) is 12.5 Å². The average Bonchev–Trinajstić information content (AvgIpc) is 3.16. The molecule has 0 aliphatic carbocycles. The first kappa shape index (κ1) is 24.1. The maximum Gasteiger partial charge on any atom is 0.336 e. The van der Waals surface area contributed by atoms with Crippen molar-refractivity contribution in [1.82, 2.24) is 13.7 Å². The molecule has 0 aliphatic rings. The van der Waals surface area contributed by atoms with Crippen LogP contribution in [-0.2, 0) is 18.4 Å². The number of amides is 1. The van der Waals surface area contributed by atoms with Gasteiger partial charge in [0.05, 0.1) is 23.8 Å². The van der Waals surface area contributed by atoms with Crippen molar-refractivity contribution in [1.29, 1.82) is 0 Å². The summed E-state index contributed by atoms with van der Waals surface area (Å²) in [5, 5.41) is 3.63. The van der Waals surface area contributed by atoms with Gasteiger partial charge in [0, 0.05) is 18.1 Å². The maximum absolute atomic E-state index is 13.9. The third-order valence-electron chi connectivity index (χ3n) is 6.74. The van der Waals surface area contributed by atoms with Crippen molar-refractivity contribution in [3.8, 4) is 11.4 Å². The van der Waals surface area contributed by atoms with Crippen molar-refractivity contribution in [2.24, 2.45) is 7.05 Å². The largest absolute Gasteiger partial charge is 0.497 e. The zero-order valence-corrected chi connectivity index (χ0v) is 21.5. The fourth-order valence-corrected chi connectivity index (χ4v) is 5.11. The third-order valence-corrected chi connectivity index (χ3v) is 6.74. The molecule has 1 N–H and O–H groups in total. The molecule has 37 heavy (non-hydrogen) atoms. The quantitative estimate of drug-likeness (QED) is 0.395. The molecule has 0 radical (unpaired) electrons. The monoisotopic (exact) mass is 496 g/mol. The number of para-hydroxylation sites is 1. The van der Waals surface area contributed by atoms with Crippen LogP contribution in [0.2, 0.25) is 0 Å². The Morgan fingerprint density at radius 3 is 2.24 bits per heavy atom. The highest BCUT2D eigenvalue weighted by Gasteiger charge is 2.23. The van der Waals surface area contributed by atoms with E-state index in [1.807, 2.05) is 45.0 Å². The number of carbonyl (C=O) groups is 1. The van der Waals surface area contributed by atoms with E-state index >= 15 is 0 Å². The number of carbonyl (C=O) groups excluding carboxylic acids is 1. The molecule has 0 spiro atoms. The van der Waals surface area contributed by atoms with Gasteiger partial charge in [-0.15, -0.1) is 0 Å². The Kier molecular flexibility index (Phi) is 5.95. The van der Waals surface area contributed by atoms with Crippen LogP contribution in [0.5, 0.6) is 5.75 Å².